The van der Waals surface area contributed by atoms with E-state index >= 15 is 0 Å². The van der Waals surface area contributed by atoms with E-state index in [9.17, 15) is 17.6 Å². The molecule has 0 aliphatic heterocycles. The summed E-state index contributed by atoms with van der Waals surface area (Å²) in [6, 6.07) is 4.39. The number of hydrazine groups is 1. The minimum absolute atomic E-state index is 0.0627. The summed E-state index contributed by atoms with van der Waals surface area (Å²) in [7, 11) is 0. The van der Waals surface area contributed by atoms with E-state index in [1.807, 2.05) is 0 Å². The first-order valence-electron chi connectivity index (χ1n) is 6.27. The normalized spacial score (nSPS) is 12.5. The largest absolute Gasteiger partial charge is 0.271 e. The molecule has 2 aromatic carbocycles. The summed E-state index contributed by atoms with van der Waals surface area (Å²) in [4.78, 5) is 0. The van der Waals surface area contributed by atoms with Gasteiger partial charge in [-0.3, -0.25) is 11.3 Å². The van der Waals surface area contributed by atoms with Crippen LogP contribution in [0.3, 0.4) is 0 Å². The van der Waals surface area contributed by atoms with E-state index in [0.717, 1.165) is 24.3 Å². The molecule has 2 rings (SSSR count). The van der Waals surface area contributed by atoms with Crippen LogP contribution in [0.25, 0.3) is 0 Å². The molecule has 0 heterocycles. The topological polar surface area (TPSA) is 38.0 Å². The summed E-state index contributed by atoms with van der Waals surface area (Å²) in [6.07, 6.45) is 0.0627. The van der Waals surface area contributed by atoms with Crippen molar-refractivity contribution < 1.29 is 17.6 Å². The smallest absolute Gasteiger partial charge is 0.130 e. The third-order valence-corrected chi connectivity index (χ3v) is 3.22. The van der Waals surface area contributed by atoms with Crippen molar-refractivity contribution in [3.63, 3.8) is 0 Å². The highest BCUT2D eigenvalue weighted by atomic mass is 19.1. The SMILES string of the molecule is Cc1cc(C(Cc2cc(F)cc(F)c2)NN)c(F)cc1F. The number of rotatable bonds is 4. The van der Waals surface area contributed by atoms with Crippen molar-refractivity contribution in [2.24, 2.45) is 5.84 Å². The number of aryl methyl sites for hydroxylation is 1. The molecule has 0 bridgehead atoms. The van der Waals surface area contributed by atoms with E-state index in [4.69, 9.17) is 5.84 Å². The second-order valence-corrected chi connectivity index (χ2v) is 4.82. The molecule has 2 nitrogen and oxygen atoms in total. The zero-order chi connectivity index (χ0) is 15.6. The van der Waals surface area contributed by atoms with E-state index in [0.29, 0.717) is 5.56 Å². The fraction of sp³-hybridized carbons (Fsp3) is 0.200. The van der Waals surface area contributed by atoms with Gasteiger partial charge in [0.25, 0.3) is 0 Å². The fourth-order valence-electron chi connectivity index (χ4n) is 2.17. The van der Waals surface area contributed by atoms with Crippen LogP contribution in [0.4, 0.5) is 17.6 Å². The molecule has 0 saturated carbocycles. The minimum atomic E-state index is -0.766. The van der Waals surface area contributed by atoms with Crippen LogP contribution in [-0.2, 0) is 6.42 Å². The Bertz CT molecular complexity index is 638. The summed E-state index contributed by atoms with van der Waals surface area (Å²) >= 11 is 0. The van der Waals surface area contributed by atoms with Crippen molar-refractivity contribution in [1.29, 1.82) is 0 Å². The van der Waals surface area contributed by atoms with Crippen LogP contribution in [-0.4, -0.2) is 0 Å². The lowest BCUT2D eigenvalue weighted by molar-refractivity contribution is 0.497. The standard InChI is InChI=1S/C15H14F4N2/c1-8-2-12(14(19)7-13(8)18)15(21-20)5-9-3-10(16)6-11(17)4-9/h2-4,6-7,15,21H,5,20H2,1H3. The molecule has 0 radical (unpaired) electrons. The Kier molecular flexibility index (Phi) is 4.59. The molecule has 0 saturated heterocycles. The lowest BCUT2D eigenvalue weighted by atomic mass is 9.97. The Morgan fingerprint density at radius 1 is 0.952 bits per heavy atom. The van der Waals surface area contributed by atoms with E-state index in [1.165, 1.54) is 13.0 Å². The molecule has 0 aliphatic carbocycles. The first-order valence-corrected chi connectivity index (χ1v) is 6.27. The van der Waals surface area contributed by atoms with Gasteiger partial charge in [0.05, 0.1) is 6.04 Å². The molecule has 0 fully saturated rings. The number of nitrogens with two attached hydrogens (primary N) is 1. The molecule has 1 atom stereocenters. The molecule has 6 heteroatoms. The average Bonchev–Trinajstić information content (AvgIpc) is 2.39. The van der Waals surface area contributed by atoms with Crippen molar-refractivity contribution in [1.82, 2.24) is 5.43 Å². The Morgan fingerprint density at radius 2 is 1.57 bits per heavy atom. The molecule has 2 aromatic rings. The highest BCUT2D eigenvalue weighted by Gasteiger charge is 2.18. The monoisotopic (exact) mass is 298 g/mol. The molecule has 0 aliphatic rings. The van der Waals surface area contributed by atoms with Crippen molar-refractivity contribution >= 4 is 0 Å². The van der Waals surface area contributed by atoms with E-state index in [-0.39, 0.29) is 17.5 Å². The molecule has 0 amide bonds. The van der Waals surface area contributed by atoms with Gasteiger partial charge in [-0.2, -0.15) is 0 Å². The first-order chi connectivity index (χ1) is 9.90. The van der Waals surface area contributed by atoms with E-state index in [1.54, 1.807) is 0 Å². The lowest BCUT2D eigenvalue weighted by Crippen LogP contribution is -2.30. The van der Waals surface area contributed by atoms with Gasteiger partial charge in [0.2, 0.25) is 0 Å². The van der Waals surface area contributed by atoms with Crippen molar-refractivity contribution in [2.75, 3.05) is 0 Å². The molecule has 0 aromatic heterocycles. The van der Waals surface area contributed by atoms with E-state index in [2.05, 4.69) is 5.43 Å². The number of halogens is 4. The third kappa shape index (κ3) is 3.59. The van der Waals surface area contributed by atoms with Crippen molar-refractivity contribution in [3.8, 4) is 0 Å². The van der Waals surface area contributed by atoms with E-state index < -0.39 is 29.3 Å². The maximum Gasteiger partial charge on any atom is 0.130 e. The summed E-state index contributed by atoms with van der Waals surface area (Å²) in [5.74, 6) is 2.51. The maximum atomic E-state index is 13.8. The highest BCUT2D eigenvalue weighted by molar-refractivity contribution is 5.30. The molecule has 112 valence electrons. The first kappa shape index (κ1) is 15.5. The minimum Gasteiger partial charge on any atom is -0.271 e. The zero-order valence-electron chi connectivity index (χ0n) is 11.3. The van der Waals surface area contributed by atoms with Gasteiger partial charge in [-0.15, -0.1) is 0 Å². The number of benzene rings is 2. The molecule has 1 unspecified atom stereocenters. The van der Waals surface area contributed by atoms with Gasteiger partial charge in [0.15, 0.2) is 0 Å². The van der Waals surface area contributed by atoms with Gasteiger partial charge in [-0.25, -0.2) is 17.6 Å². The third-order valence-electron chi connectivity index (χ3n) is 3.22. The molecule has 0 spiro atoms. The molecular formula is C15H14F4N2. The summed E-state index contributed by atoms with van der Waals surface area (Å²) in [5, 5.41) is 0. The highest BCUT2D eigenvalue weighted by Crippen LogP contribution is 2.24. The Balaban J connectivity index is 2.34. The van der Waals surface area contributed by atoms with Crippen LogP contribution in [0.1, 0.15) is 22.7 Å². The predicted molar refractivity (Wildman–Crippen MR) is 71.2 cm³/mol. The van der Waals surface area contributed by atoms with Gasteiger partial charge in [0.1, 0.15) is 23.3 Å². The molecular weight excluding hydrogens is 284 g/mol. The average molecular weight is 298 g/mol. The lowest BCUT2D eigenvalue weighted by Gasteiger charge is -2.18. The molecule has 21 heavy (non-hydrogen) atoms. The zero-order valence-corrected chi connectivity index (χ0v) is 11.3. The van der Waals surface area contributed by atoms with Gasteiger partial charge < -0.3 is 0 Å². The Labute approximate surface area is 119 Å². The summed E-state index contributed by atoms with van der Waals surface area (Å²) < 4.78 is 53.4. The van der Waals surface area contributed by atoms with Gasteiger partial charge in [-0.05, 0) is 42.7 Å². The van der Waals surface area contributed by atoms with Crippen molar-refractivity contribution in [3.05, 3.63) is 70.3 Å². The van der Waals surface area contributed by atoms with Crippen LogP contribution in [0, 0.1) is 30.2 Å². The number of nitrogens with one attached hydrogen (secondary N) is 1. The van der Waals surface area contributed by atoms with Crippen LogP contribution in [0.2, 0.25) is 0 Å². The molecule has 3 N–H and O–H groups in total. The fourth-order valence-corrected chi connectivity index (χ4v) is 2.17. The second-order valence-electron chi connectivity index (χ2n) is 4.82. The van der Waals surface area contributed by atoms with Crippen LogP contribution in [0.15, 0.2) is 30.3 Å². The quantitative estimate of drug-likeness (QED) is 0.516. The van der Waals surface area contributed by atoms with Gasteiger partial charge >= 0.3 is 0 Å². The number of hydrogen-bond donors (Lipinski definition) is 2. The van der Waals surface area contributed by atoms with Crippen LogP contribution < -0.4 is 11.3 Å². The number of hydrogen-bond acceptors (Lipinski definition) is 2. The van der Waals surface area contributed by atoms with Gasteiger partial charge in [-0.1, -0.05) is 0 Å². The summed E-state index contributed by atoms with van der Waals surface area (Å²) in [6.45, 7) is 1.49. The Hall–Kier alpha value is -1.92. The maximum absolute atomic E-state index is 13.8. The van der Waals surface area contributed by atoms with Crippen molar-refractivity contribution in [2.45, 2.75) is 19.4 Å². The van der Waals surface area contributed by atoms with Crippen LogP contribution in [0.5, 0.6) is 0 Å². The predicted octanol–water partition coefficient (Wildman–Crippen LogP) is 3.30. The Morgan fingerprint density at radius 3 is 2.14 bits per heavy atom. The summed E-state index contributed by atoms with van der Waals surface area (Å²) in [5.41, 5.74) is 3.10. The van der Waals surface area contributed by atoms with Gasteiger partial charge in [0, 0.05) is 17.7 Å². The van der Waals surface area contributed by atoms with Crippen LogP contribution >= 0.6 is 0 Å². The second kappa shape index (κ2) is 6.24.